The summed E-state index contributed by atoms with van der Waals surface area (Å²) in [5.41, 5.74) is -0.872. The number of allylic oxidation sites excluding steroid dienone is 3. The molecule has 0 saturated carbocycles. The van der Waals surface area contributed by atoms with Crippen LogP contribution in [0.5, 0.6) is 0 Å². The molecule has 2 aromatic heterocycles. The van der Waals surface area contributed by atoms with Crippen molar-refractivity contribution in [2.24, 2.45) is 0 Å². The lowest BCUT2D eigenvalue weighted by molar-refractivity contribution is -0.0906. The second-order valence-electron chi connectivity index (χ2n) is 3.87. The van der Waals surface area contributed by atoms with Crippen LogP contribution in [0.25, 0.3) is 5.65 Å². The van der Waals surface area contributed by atoms with Crippen molar-refractivity contribution < 1.29 is 13.2 Å². The lowest BCUT2D eigenvalue weighted by Crippen LogP contribution is -2.22. The van der Waals surface area contributed by atoms with Crippen LogP contribution in [0, 0.1) is 5.41 Å². The molecule has 0 aliphatic carbocycles. The smallest absolute Gasteiger partial charge is 0.335 e. The van der Waals surface area contributed by atoms with Crippen LogP contribution < -0.4 is 5.32 Å². The Balaban J connectivity index is 2.51. The summed E-state index contributed by atoms with van der Waals surface area (Å²) in [5.74, 6) is 0.161. The van der Waals surface area contributed by atoms with Gasteiger partial charge >= 0.3 is 6.18 Å². The third-order valence-corrected chi connectivity index (χ3v) is 2.62. The Morgan fingerprint density at radius 3 is 2.75 bits per heavy atom. The lowest BCUT2D eigenvalue weighted by Gasteiger charge is -2.15. The van der Waals surface area contributed by atoms with Crippen molar-refractivity contribution in [3.8, 4) is 0 Å². The molecule has 0 saturated heterocycles. The average molecular weight is 280 g/mol. The summed E-state index contributed by atoms with van der Waals surface area (Å²) in [6, 6.07) is 5.09. The van der Waals surface area contributed by atoms with Crippen molar-refractivity contribution in [2.45, 2.75) is 6.18 Å². The van der Waals surface area contributed by atoms with Gasteiger partial charge in [0.1, 0.15) is 17.2 Å². The number of halogens is 3. The summed E-state index contributed by atoms with van der Waals surface area (Å²) in [5, 5.41) is 9.32. The highest BCUT2D eigenvalue weighted by atomic mass is 19.4. The SMILES string of the molecule is C=C/C(C=N)=C(/Nc1cnc2ccccn12)C(F)(F)F. The van der Waals surface area contributed by atoms with Crippen LogP contribution in [0.15, 0.2) is 54.5 Å². The molecule has 104 valence electrons. The monoisotopic (exact) mass is 280 g/mol. The number of fused-ring (bicyclic) bond motifs is 1. The van der Waals surface area contributed by atoms with Gasteiger partial charge in [-0.2, -0.15) is 13.2 Å². The minimum absolute atomic E-state index is 0.161. The molecule has 0 aromatic carbocycles. The van der Waals surface area contributed by atoms with Crippen molar-refractivity contribution in [2.75, 3.05) is 5.32 Å². The molecule has 4 nitrogen and oxygen atoms in total. The van der Waals surface area contributed by atoms with E-state index in [1.807, 2.05) is 0 Å². The van der Waals surface area contributed by atoms with Crippen LogP contribution in [0.3, 0.4) is 0 Å². The van der Waals surface area contributed by atoms with Crippen LogP contribution in [-0.2, 0) is 0 Å². The van der Waals surface area contributed by atoms with E-state index in [0.717, 1.165) is 6.08 Å². The molecule has 0 spiro atoms. The maximum atomic E-state index is 13.0. The number of hydrogen-bond donors (Lipinski definition) is 2. The number of nitrogens with zero attached hydrogens (tertiary/aromatic N) is 2. The van der Waals surface area contributed by atoms with E-state index in [1.165, 1.54) is 10.6 Å². The summed E-state index contributed by atoms with van der Waals surface area (Å²) in [4.78, 5) is 3.99. The minimum atomic E-state index is -4.62. The first-order valence-electron chi connectivity index (χ1n) is 5.61. The number of anilines is 1. The van der Waals surface area contributed by atoms with Gasteiger partial charge in [0.25, 0.3) is 0 Å². The van der Waals surface area contributed by atoms with Crippen molar-refractivity contribution in [1.82, 2.24) is 9.38 Å². The predicted octanol–water partition coefficient (Wildman–Crippen LogP) is 3.40. The Hall–Kier alpha value is -2.57. The molecule has 0 aliphatic rings. The van der Waals surface area contributed by atoms with E-state index in [0.29, 0.717) is 11.9 Å². The molecule has 2 rings (SSSR count). The third-order valence-electron chi connectivity index (χ3n) is 2.62. The first kappa shape index (κ1) is 13.9. The Morgan fingerprint density at radius 1 is 1.40 bits per heavy atom. The summed E-state index contributed by atoms with van der Waals surface area (Å²) in [6.45, 7) is 3.29. The van der Waals surface area contributed by atoms with Crippen molar-refractivity contribution in [3.05, 3.63) is 54.5 Å². The van der Waals surface area contributed by atoms with Crippen molar-refractivity contribution >= 4 is 17.7 Å². The summed E-state index contributed by atoms with van der Waals surface area (Å²) >= 11 is 0. The fourth-order valence-electron chi connectivity index (χ4n) is 1.69. The summed E-state index contributed by atoms with van der Waals surface area (Å²) in [7, 11) is 0. The van der Waals surface area contributed by atoms with Gasteiger partial charge in [-0.05, 0) is 12.1 Å². The second kappa shape index (κ2) is 5.20. The van der Waals surface area contributed by atoms with E-state index in [2.05, 4.69) is 16.9 Å². The van der Waals surface area contributed by atoms with E-state index in [4.69, 9.17) is 5.41 Å². The largest absolute Gasteiger partial charge is 0.431 e. The number of pyridine rings is 1. The van der Waals surface area contributed by atoms with E-state index in [-0.39, 0.29) is 11.4 Å². The average Bonchev–Trinajstić information content (AvgIpc) is 2.81. The fourth-order valence-corrected chi connectivity index (χ4v) is 1.69. The van der Waals surface area contributed by atoms with Gasteiger partial charge < -0.3 is 10.7 Å². The molecule has 0 unspecified atom stereocenters. The number of imidazole rings is 1. The highest BCUT2D eigenvalue weighted by Crippen LogP contribution is 2.29. The first-order valence-corrected chi connectivity index (χ1v) is 5.61. The predicted molar refractivity (Wildman–Crippen MR) is 70.9 cm³/mol. The molecule has 7 heteroatoms. The van der Waals surface area contributed by atoms with Crippen LogP contribution in [0.2, 0.25) is 0 Å². The topological polar surface area (TPSA) is 53.2 Å². The summed E-state index contributed by atoms with van der Waals surface area (Å²) < 4.78 is 40.6. The van der Waals surface area contributed by atoms with E-state index >= 15 is 0 Å². The number of aromatic nitrogens is 2. The number of rotatable bonds is 4. The molecule has 2 aromatic rings. The van der Waals surface area contributed by atoms with Gasteiger partial charge in [0, 0.05) is 18.0 Å². The van der Waals surface area contributed by atoms with Crippen molar-refractivity contribution in [1.29, 1.82) is 5.41 Å². The Bertz CT molecular complexity index is 672. The molecular weight excluding hydrogens is 269 g/mol. The zero-order valence-corrected chi connectivity index (χ0v) is 10.3. The third kappa shape index (κ3) is 2.56. The molecule has 0 aliphatic heterocycles. The van der Waals surface area contributed by atoms with Gasteiger partial charge in [-0.25, -0.2) is 4.98 Å². The molecule has 0 amide bonds. The van der Waals surface area contributed by atoms with Crippen LogP contribution >= 0.6 is 0 Å². The zero-order chi connectivity index (χ0) is 14.8. The Morgan fingerprint density at radius 2 is 2.15 bits per heavy atom. The molecule has 2 N–H and O–H groups in total. The minimum Gasteiger partial charge on any atom is -0.335 e. The van der Waals surface area contributed by atoms with E-state index < -0.39 is 11.9 Å². The van der Waals surface area contributed by atoms with Gasteiger partial charge in [-0.3, -0.25) is 4.40 Å². The second-order valence-corrected chi connectivity index (χ2v) is 3.87. The summed E-state index contributed by atoms with van der Waals surface area (Å²) in [6.07, 6.45) is -0.152. The van der Waals surface area contributed by atoms with Gasteiger partial charge in [0.15, 0.2) is 0 Å². The first-order chi connectivity index (χ1) is 9.47. The lowest BCUT2D eigenvalue weighted by atomic mass is 10.2. The van der Waals surface area contributed by atoms with Crippen LogP contribution in [0.4, 0.5) is 19.0 Å². The van der Waals surface area contributed by atoms with E-state index in [1.54, 1.807) is 24.4 Å². The molecule has 0 bridgehead atoms. The number of nitrogens with one attached hydrogen (secondary N) is 2. The van der Waals surface area contributed by atoms with Gasteiger partial charge in [0.2, 0.25) is 0 Å². The van der Waals surface area contributed by atoms with E-state index in [9.17, 15) is 13.2 Å². The van der Waals surface area contributed by atoms with Gasteiger partial charge in [-0.15, -0.1) is 0 Å². The Kier molecular flexibility index (Phi) is 3.60. The molecule has 0 radical (unpaired) electrons. The highest BCUT2D eigenvalue weighted by molar-refractivity contribution is 5.82. The number of alkyl halides is 3. The normalized spacial score (nSPS) is 12.9. The number of hydrogen-bond acceptors (Lipinski definition) is 3. The quantitative estimate of drug-likeness (QED) is 0.666. The van der Waals surface area contributed by atoms with Gasteiger partial charge in [-0.1, -0.05) is 18.7 Å². The maximum absolute atomic E-state index is 13.0. The van der Waals surface area contributed by atoms with Crippen LogP contribution in [-0.4, -0.2) is 21.8 Å². The Labute approximate surface area is 112 Å². The molecular formula is C13H11F3N4. The maximum Gasteiger partial charge on any atom is 0.431 e. The highest BCUT2D eigenvalue weighted by Gasteiger charge is 2.36. The molecule has 2 heterocycles. The van der Waals surface area contributed by atoms with Crippen LogP contribution in [0.1, 0.15) is 0 Å². The molecule has 0 atom stereocenters. The zero-order valence-electron chi connectivity index (χ0n) is 10.3. The fraction of sp³-hybridized carbons (Fsp3) is 0.0769. The molecule has 20 heavy (non-hydrogen) atoms. The standard InChI is InChI=1S/C13H11F3N4/c1-2-9(7-17)12(13(14,15)16)19-11-8-18-10-5-3-4-6-20(10)11/h2-8,17,19H,1H2/b12-9-,17-7?. The molecule has 0 fully saturated rings. The van der Waals surface area contributed by atoms with Crippen molar-refractivity contribution in [3.63, 3.8) is 0 Å². The van der Waals surface area contributed by atoms with Gasteiger partial charge in [0.05, 0.1) is 6.20 Å².